The number of para-hydroxylation sites is 1. The van der Waals surface area contributed by atoms with Crippen molar-refractivity contribution in [1.82, 2.24) is 19.8 Å². The lowest BCUT2D eigenvalue weighted by Crippen LogP contribution is -2.37. The number of pyridine rings is 1. The van der Waals surface area contributed by atoms with Crippen LogP contribution in [0.15, 0.2) is 91.3 Å². The summed E-state index contributed by atoms with van der Waals surface area (Å²) in [6.07, 6.45) is 3.68. The number of halogens is 2. The van der Waals surface area contributed by atoms with Crippen LogP contribution >= 0.6 is 35.4 Å². The van der Waals surface area contributed by atoms with E-state index >= 15 is 0 Å². The molecule has 1 aliphatic heterocycles. The highest BCUT2D eigenvalue weighted by molar-refractivity contribution is 7.80. The molecule has 2 atom stereocenters. The summed E-state index contributed by atoms with van der Waals surface area (Å²) in [5.41, 5.74) is 3.23. The quantitative estimate of drug-likeness (QED) is 0.314. The van der Waals surface area contributed by atoms with Crippen molar-refractivity contribution in [2.45, 2.75) is 12.1 Å². The van der Waals surface area contributed by atoms with Gasteiger partial charge in [-0.05, 0) is 66.8 Å². The Morgan fingerprint density at radius 2 is 1.83 bits per heavy atom. The maximum absolute atomic E-state index is 13.0. The van der Waals surface area contributed by atoms with Crippen LogP contribution in [0.25, 0.3) is 5.69 Å². The van der Waals surface area contributed by atoms with E-state index in [1.165, 1.54) is 0 Å². The normalized spacial score (nSPS) is 17.3. The maximum atomic E-state index is 13.0. The minimum atomic E-state index is -0.319. The number of amides is 1. The first-order valence-corrected chi connectivity index (χ1v) is 12.1. The van der Waals surface area contributed by atoms with E-state index in [1.54, 1.807) is 18.3 Å². The molecule has 6 nitrogen and oxygen atoms in total. The Bertz CT molecular complexity index is 1360. The molecule has 1 amide bonds. The zero-order chi connectivity index (χ0) is 24.4. The van der Waals surface area contributed by atoms with Crippen molar-refractivity contribution in [3.63, 3.8) is 0 Å². The van der Waals surface area contributed by atoms with Gasteiger partial charge in [0.15, 0.2) is 5.11 Å². The van der Waals surface area contributed by atoms with E-state index in [9.17, 15) is 4.79 Å². The van der Waals surface area contributed by atoms with E-state index in [0.29, 0.717) is 15.2 Å². The number of carbonyl (C=O) groups is 1. The average Bonchev–Trinajstić information content (AvgIpc) is 3.45. The fourth-order valence-corrected chi connectivity index (χ4v) is 5.11. The molecule has 2 aromatic carbocycles. The fourth-order valence-electron chi connectivity index (χ4n) is 4.31. The molecule has 0 bridgehead atoms. The summed E-state index contributed by atoms with van der Waals surface area (Å²) in [5.74, 6) is -0.172. The molecule has 35 heavy (non-hydrogen) atoms. The molecule has 0 saturated carbocycles. The smallest absolute Gasteiger partial charge is 0.244 e. The minimum Gasteiger partial charge on any atom is -0.352 e. The first kappa shape index (κ1) is 23.4. The molecule has 2 aromatic heterocycles. The molecule has 1 fully saturated rings. The Labute approximate surface area is 218 Å². The Balaban J connectivity index is 1.53. The third kappa shape index (κ3) is 4.89. The molecule has 0 radical (unpaired) electrons. The van der Waals surface area contributed by atoms with Gasteiger partial charge in [0.05, 0.1) is 28.5 Å². The van der Waals surface area contributed by atoms with E-state index in [4.69, 9.17) is 35.4 Å². The summed E-state index contributed by atoms with van der Waals surface area (Å²) < 4.78 is 2.00. The second-order valence-corrected chi connectivity index (χ2v) is 9.30. The van der Waals surface area contributed by atoms with Crippen molar-refractivity contribution in [2.24, 2.45) is 0 Å². The van der Waals surface area contributed by atoms with Crippen LogP contribution in [0, 0.1) is 0 Å². The standard InChI is InChI=1S/C26H21Cl2N5OS/c27-17-11-12-21(19(28)15-17)32-14-6-10-22(32)25-24(20-9-4-5-13-29-20)31-26(35)33(25)16-23(34)30-18-7-2-1-3-8-18/h1-15,24-25H,16H2,(H,30,34)(H,31,35)/t24-,25+/m0/s1. The molecule has 9 heteroatoms. The summed E-state index contributed by atoms with van der Waals surface area (Å²) in [6, 6.07) is 23.8. The van der Waals surface area contributed by atoms with Gasteiger partial charge in [0.1, 0.15) is 6.54 Å². The second-order valence-electron chi connectivity index (χ2n) is 8.07. The molecule has 2 N–H and O–H groups in total. The number of hydrogen-bond acceptors (Lipinski definition) is 3. The number of aromatic nitrogens is 2. The number of rotatable bonds is 6. The van der Waals surface area contributed by atoms with Crippen molar-refractivity contribution in [1.29, 1.82) is 0 Å². The Morgan fingerprint density at radius 3 is 2.57 bits per heavy atom. The monoisotopic (exact) mass is 521 g/mol. The fraction of sp³-hybridized carbons (Fsp3) is 0.115. The lowest BCUT2D eigenvalue weighted by atomic mass is 10.0. The molecule has 3 heterocycles. The summed E-state index contributed by atoms with van der Waals surface area (Å²) >= 11 is 18.4. The number of nitrogens with one attached hydrogen (secondary N) is 2. The summed E-state index contributed by atoms with van der Waals surface area (Å²) in [5, 5.41) is 7.88. The van der Waals surface area contributed by atoms with Crippen molar-refractivity contribution < 1.29 is 4.79 Å². The van der Waals surface area contributed by atoms with Crippen molar-refractivity contribution in [2.75, 3.05) is 11.9 Å². The number of nitrogens with zero attached hydrogens (tertiary/aromatic N) is 3. The number of thiocarbonyl (C=S) groups is 1. The largest absolute Gasteiger partial charge is 0.352 e. The summed E-state index contributed by atoms with van der Waals surface area (Å²) in [6.45, 7) is 0.0637. The topological polar surface area (TPSA) is 62.2 Å². The Kier molecular flexibility index (Phi) is 6.72. The van der Waals surface area contributed by atoms with Crippen LogP contribution in [0.1, 0.15) is 23.5 Å². The highest BCUT2D eigenvalue weighted by Gasteiger charge is 2.42. The molecular formula is C26H21Cl2N5OS. The van der Waals surface area contributed by atoms with E-state index in [1.807, 2.05) is 82.4 Å². The van der Waals surface area contributed by atoms with Gasteiger partial charge in [-0.2, -0.15) is 0 Å². The predicted molar refractivity (Wildman–Crippen MR) is 143 cm³/mol. The van der Waals surface area contributed by atoms with Gasteiger partial charge < -0.3 is 20.1 Å². The Hall–Kier alpha value is -3.39. The number of carbonyl (C=O) groups excluding carboxylic acids is 1. The second kappa shape index (κ2) is 10.1. The third-order valence-electron chi connectivity index (χ3n) is 5.82. The zero-order valence-corrected chi connectivity index (χ0v) is 20.8. The number of anilines is 1. The molecule has 0 aliphatic carbocycles. The average molecular weight is 522 g/mol. The minimum absolute atomic E-state index is 0.0637. The summed E-state index contributed by atoms with van der Waals surface area (Å²) in [4.78, 5) is 19.5. The van der Waals surface area contributed by atoms with Gasteiger partial charge in [-0.15, -0.1) is 0 Å². The van der Waals surface area contributed by atoms with E-state index in [2.05, 4.69) is 15.6 Å². The zero-order valence-electron chi connectivity index (χ0n) is 18.4. The van der Waals surface area contributed by atoms with Crippen LogP contribution in [0.3, 0.4) is 0 Å². The molecule has 0 spiro atoms. The molecular weight excluding hydrogens is 501 g/mol. The van der Waals surface area contributed by atoms with Gasteiger partial charge in [-0.1, -0.05) is 47.5 Å². The first-order chi connectivity index (χ1) is 17.0. The van der Waals surface area contributed by atoms with E-state index in [-0.39, 0.29) is 24.5 Å². The van der Waals surface area contributed by atoms with E-state index in [0.717, 1.165) is 22.8 Å². The van der Waals surface area contributed by atoms with Crippen molar-refractivity contribution in [3.8, 4) is 5.69 Å². The molecule has 0 unspecified atom stereocenters. The first-order valence-electron chi connectivity index (χ1n) is 11.0. The predicted octanol–water partition coefficient (Wildman–Crippen LogP) is 5.79. The van der Waals surface area contributed by atoms with Gasteiger partial charge in [-0.3, -0.25) is 9.78 Å². The van der Waals surface area contributed by atoms with Crippen LogP contribution in [-0.4, -0.2) is 32.0 Å². The van der Waals surface area contributed by atoms with Crippen LogP contribution in [0.2, 0.25) is 10.0 Å². The lowest BCUT2D eigenvalue weighted by Gasteiger charge is -2.28. The van der Waals surface area contributed by atoms with Crippen LogP contribution in [0.5, 0.6) is 0 Å². The van der Waals surface area contributed by atoms with Gasteiger partial charge in [-0.25, -0.2) is 0 Å². The molecule has 1 aliphatic rings. The number of benzene rings is 2. The van der Waals surface area contributed by atoms with Gasteiger partial charge in [0, 0.05) is 28.8 Å². The highest BCUT2D eigenvalue weighted by atomic mass is 35.5. The maximum Gasteiger partial charge on any atom is 0.244 e. The SMILES string of the molecule is O=C(CN1C(=S)N[C@@H](c2ccccn2)[C@H]1c1cccn1-c1ccc(Cl)cc1Cl)Nc1ccccc1. The Morgan fingerprint density at radius 1 is 1.03 bits per heavy atom. The van der Waals surface area contributed by atoms with Crippen molar-refractivity contribution >= 4 is 52.1 Å². The van der Waals surface area contributed by atoms with Gasteiger partial charge in [0.2, 0.25) is 5.91 Å². The lowest BCUT2D eigenvalue weighted by molar-refractivity contribution is -0.116. The van der Waals surface area contributed by atoms with Crippen LogP contribution in [0.4, 0.5) is 5.69 Å². The molecule has 176 valence electrons. The van der Waals surface area contributed by atoms with Crippen LogP contribution in [-0.2, 0) is 4.79 Å². The highest BCUT2D eigenvalue weighted by Crippen LogP contribution is 2.40. The number of hydrogen-bond donors (Lipinski definition) is 2. The van der Waals surface area contributed by atoms with Crippen LogP contribution < -0.4 is 10.6 Å². The van der Waals surface area contributed by atoms with E-state index < -0.39 is 0 Å². The molecule has 4 aromatic rings. The molecule has 5 rings (SSSR count). The molecule has 1 saturated heterocycles. The van der Waals surface area contributed by atoms with Gasteiger partial charge >= 0.3 is 0 Å². The summed E-state index contributed by atoms with van der Waals surface area (Å²) in [7, 11) is 0. The third-order valence-corrected chi connectivity index (χ3v) is 6.71. The van der Waals surface area contributed by atoms with Crippen molar-refractivity contribution in [3.05, 3.63) is 113 Å². The van der Waals surface area contributed by atoms with Gasteiger partial charge in [0.25, 0.3) is 0 Å².